The number of halogens is 3. The maximum absolute atomic E-state index is 12.3. The fourth-order valence-corrected chi connectivity index (χ4v) is 1.23. The summed E-state index contributed by atoms with van der Waals surface area (Å²) in [4.78, 5) is 13.4. The van der Waals surface area contributed by atoms with Crippen molar-refractivity contribution in [2.75, 3.05) is 18.5 Å². The van der Waals surface area contributed by atoms with Gasteiger partial charge in [0.1, 0.15) is 0 Å². The first kappa shape index (κ1) is 14.3. The Kier molecular flexibility index (Phi) is 4.21. The molecule has 0 bridgehead atoms. The second kappa shape index (κ2) is 5.28. The molecule has 0 radical (unpaired) electrons. The van der Waals surface area contributed by atoms with Crippen LogP contribution < -0.4 is 10.5 Å². The fraction of sp³-hybridized carbons (Fsp3) is 0.400. The first-order valence-corrected chi connectivity index (χ1v) is 5.41. The standard InChI is InChI=1S/C10H14BF3N3O/c1-4-16(3)9-5-10(18)17(15-6-9)7-8(2)11(12,13)14/h5-6H,2,4,7H2,1,3H3/q-1. The van der Waals surface area contributed by atoms with Crippen molar-refractivity contribution in [3.63, 3.8) is 0 Å². The van der Waals surface area contributed by atoms with E-state index in [0.29, 0.717) is 12.2 Å². The van der Waals surface area contributed by atoms with Crippen molar-refractivity contribution in [2.45, 2.75) is 13.5 Å². The Morgan fingerprint density at radius 1 is 1.56 bits per heavy atom. The summed E-state index contributed by atoms with van der Waals surface area (Å²) < 4.78 is 37.8. The highest BCUT2D eigenvalue weighted by molar-refractivity contribution is 6.66. The molecule has 0 saturated heterocycles. The van der Waals surface area contributed by atoms with Crippen molar-refractivity contribution in [3.8, 4) is 0 Å². The molecule has 1 rings (SSSR count). The SMILES string of the molecule is C=C(Cn1ncc(N(C)CC)cc1=O)[B-](F)(F)F. The van der Waals surface area contributed by atoms with Crippen LogP contribution in [0, 0.1) is 0 Å². The molecule has 100 valence electrons. The summed E-state index contributed by atoms with van der Waals surface area (Å²) in [5.41, 5.74) is -0.947. The van der Waals surface area contributed by atoms with Gasteiger partial charge in [0.05, 0.1) is 11.9 Å². The smallest absolute Gasteiger partial charge is 0.445 e. The normalized spacial score (nSPS) is 11.4. The molecule has 0 aliphatic carbocycles. The van der Waals surface area contributed by atoms with Crippen LogP contribution in [0.3, 0.4) is 0 Å². The van der Waals surface area contributed by atoms with E-state index >= 15 is 0 Å². The number of hydrogen-bond donors (Lipinski definition) is 0. The van der Waals surface area contributed by atoms with Crippen molar-refractivity contribution in [1.82, 2.24) is 9.78 Å². The van der Waals surface area contributed by atoms with Crippen molar-refractivity contribution < 1.29 is 12.9 Å². The zero-order valence-electron chi connectivity index (χ0n) is 10.2. The van der Waals surface area contributed by atoms with E-state index < -0.39 is 24.6 Å². The maximum Gasteiger partial charge on any atom is 0.506 e. The van der Waals surface area contributed by atoms with Crippen LogP contribution in [-0.2, 0) is 6.54 Å². The molecule has 1 aromatic heterocycles. The van der Waals surface area contributed by atoms with Gasteiger partial charge >= 0.3 is 6.98 Å². The summed E-state index contributed by atoms with van der Waals surface area (Å²) in [6.45, 7) is -0.283. The summed E-state index contributed by atoms with van der Waals surface area (Å²) in [5.74, 6) is 0. The summed E-state index contributed by atoms with van der Waals surface area (Å²) in [7, 11) is 1.76. The number of aromatic nitrogens is 2. The minimum atomic E-state index is -5.14. The van der Waals surface area contributed by atoms with Gasteiger partial charge in [-0.15, -0.1) is 12.1 Å². The van der Waals surface area contributed by atoms with Crippen LogP contribution in [0.15, 0.2) is 29.1 Å². The average molecular weight is 260 g/mol. The largest absolute Gasteiger partial charge is 0.506 e. The first-order valence-electron chi connectivity index (χ1n) is 5.41. The Labute approximate surface area is 103 Å². The van der Waals surface area contributed by atoms with Gasteiger partial charge < -0.3 is 17.8 Å². The molecule has 1 aromatic rings. The van der Waals surface area contributed by atoms with E-state index in [4.69, 9.17) is 0 Å². The van der Waals surface area contributed by atoms with E-state index in [2.05, 4.69) is 11.7 Å². The quantitative estimate of drug-likeness (QED) is 0.755. The van der Waals surface area contributed by atoms with Gasteiger partial charge in [-0.1, -0.05) is 0 Å². The number of nitrogens with zero attached hydrogens (tertiary/aromatic N) is 3. The molecular formula is C10H14BF3N3O-. The van der Waals surface area contributed by atoms with E-state index in [1.807, 2.05) is 6.92 Å². The highest BCUT2D eigenvalue weighted by Crippen LogP contribution is 2.18. The molecule has 0 saturated carbocycles. The van der Waals surface area contributed by atoms with Crippen LogP contribution in [0.1, 0.15) is 6.92 Å². The Morgan fingerprint density at radius 3 is 2.61 bits per heavy atom. The molecule has 1 heterocycles. The average Bonchev–Trinajstić information content (AvgIpc) is 2.29. The van der Waals surface area contributed by atoms with Crippen molar-refractivity contribution in [1.29, 1.82) is 0 Å². The van der Waals surface area contributed by atoms with Gasteiger partial charge in [-0.3, -0.25) is 4.79 Å². The lowest BCUT2D eigenvalue weighted by molar-refractivity contribution is 0.477. The molecule has 0 aliphatic heterocycles. The van der Waals surface area contributed by atoms with Crippen LogP contribution in [-0.4, -0.2) is 30.4 Å². The monoisotopic (exact) mass is 260 g/mol. The van der Waals surface area contributed by atoms with Crippen LogP contribution in [0.4, 0.5) is 18.6 Å². The van der Waals surface area contributed by atoms with E-state index in [0.717, 1.165) is 4.68 Å². The molecule has 8 heteroatoms. The summed E-state index contributed by atoms with van der Waals surface area (Å²) in [6, 6.07) is 1.26. The predicted molar refractivity (Wildman–Crippen MR) is 65.7 cm³/mol. The maximum atomic E-state index is 12.3. The second-order valence-electron chi connectivity index (χ2n) is 3.96. The molecule has 0 unspecified atom stereocenters. The van der Waals surface area contributed by atoms with Crippen molar-refractivity contribution in [3.05, 3.63) is 34.7 Å². The Bertz CT molecular complexity index is 498. The molecule has 0 atom stereocenters. The minimum Gasteiger partial charge on any atom is -0.445 e. The van der Waals surface area contributed by atoms with Gasteiger partial charge in [0.25, 0.3) is 5.56 Å². The third-order valence-corrected chi connectivity index (χ3v) is 2.59. The van der Waals surface area contributed by atoms with E-state index in [-0.39, 0.29) is 0 Å². The number of allylic oxidation sites excluding steroid dienone is 1. The molecule has 0 N–H and O–H groups in total. The number of rotatable bonds is 5. The Morgan fingerprint density at radius 2 is 2.17 bits per heavy atom. The predicted octanol–water partition coefficient (Wildman–Crippen LogP) is 1.64. The van der Waals surface area contributed by atoms with Gasteiger partial charge in [-0.25, -0.2) is 4.68 Å². The van der Waals surface area contributed by atoms with Crippen LogP contribution in [0.2, 0.25) is 0 Å². The van der Waals surface area contributed by atoms with Crippen LogP contribution in [0.5, 0.6) is 0 Å². The Hall–Kier alpha value is -1.73. The highest BCUT2D eigenvalue weighted by Gasteiger charge is 2.27. The van der Waals surface area contributed by atoms with Gasteiger partial charge in [-0.2, -0.15) is 5.10 Å². The van der Waals surface area contributed by atoms with Gasteiger partial charge in [0.15, 0.2) is 0 Å². The third-order valence-electron chi connectivity index (χ3n) is 2.59. The van der Waals surface area contributed by atoms with Crippen molar-refractivity contribution in [2.24, 2.45) is 0 Å². The lowest BCUT2D eigenvalue weighted by atomic mass is 9.80. The lowest BCUT2D eigenvalue weighted by Gasteiger charge is -2.19. The minimum absolute atomic E-state index is 0.571. The molecule has 0 amide bonds. The second-order valence-corrected chi connectivity index (χ2v) is 3.96. The molecule has 4 nitrogen and oxygen atoms in total. The van der Waals surface area contributed by atoms with Crippen molar-refractivity contribution >= 4 is 12.7 Å². The van der Waals surface area contributed by atoms with Gasteiger partial charge in [0, 0.05) is 26.2 Å². The lowest BCUT2D eigenvalue weighted by Crippen LogP contribution is -2.30. The zero-order chi connectivity index (χ0) is 13.9. The van der Waals surface area contributed by atoms with E-state index in [9.17, 15) is 17.7 Å². The summed E-state index contributed by atoms with van der Waals surface area (Å²) in [6.07, 6.45) is 1.36. The Balaban J connectivity index is 2.94. The van der Waals surface area contributed by atoms with Crippen LogP contribution in [0.25, 0.3) is 0 Å². The molecule has 0 fully saturated rings. The first-order chi connectivity index (χ1) is 8.25. The highest BCUT2D eigenvalue weighted by atomic mass is 19.4. The van der Waals surface area contributed by atoms with E-state index in [1.54, 1.807) is 11.9 Å². The molecule has 0 aromatic carbocycles. The number of hydrogen-bond acceptors (Lipinski definition) is 3. The topological polar surface area (TPSA) is 38.1 Å². The van der Waals surface area contributed by atoms with Gasteiger partial charge in [0.2, 0.25) is 0 Å². The summed E-state index contributed by atoms with van der Waals surface area (Å²) in [5, 5.41) is 3.71. The molecular weight excluding hydrogens is 246 g/mol. The van der Waals surface area contributed by atoms with E-state index in [1.165, 1.54) is 12.3 Å². The molecule has 0 spiro atoms. The summed E-state index contributed by atoms with van der Waals surface area (Å²) >= 11 is 0. The van der Waals surface area contributed by atoms with Crippen LogP contribution >= 0.6 is 0 Å². The third kappa shape index (κ3) is 3.38. The molecule has 0 aliphatic rings. The zero-order valence-corrected chi connectivity index (χ0v) is 10.2. The molecule has 18 heavy (non-hydrogen) atoms. The number of anilines is 1. The van der Waals surface area contributed by atoms with Gasteiger partial charge in [-0.05, 0) is 6.92 Å². The fourth-order valence-electron chi connectivity index (χ4n) is 1.23.